The molecular weight excluding hydrogens is 240 g/mol. The molecule has 0 aliphatic carbocycles. The first-order valence-electron chi connectivity index (χ1n) is 7.00. The summed E-state index contributed by atoms with van der Waals surface area (Å²) in [5, 5.41) is 6.12. The Morgan fingerprint density at radius 1 is 1.58 bits per heavy atom. The zero-order valence-corrected chi connectivity index (χ0v) is 11.6. The van der Waals surface area contributed by atoms with Crippen molar-refractivity contribution in [3.8, 4) is 5.75 Å². The van der Waals surface area contributed by atoms with Crippen LogP contribution in [-0.4, -0.2) is 24.6 Å². The average Bonchev–Trinajstić information content (AvgIpc) is 2.93. The minimum atomic E-state index is -0.0564. The van der Waals surface area contributed by atoms with E-state index in [0.29, 0.717) is 0 Å². The molecule has 2 atom stereocenters. The summed E-state index contributed by atoms with van der Waals surface area (Å²) < 4.78 is 5.74. The molecule has 1 unspecified atom stereocenters. The molecule has 1 aromatic rings. The zero-order valence-electron chi connectivity index (χ0n) is 11.6. The molecule has 104 valence electrons. The summed E-state index contributed by atoms with van der Waals surface area (Å²) in [5.41, 5.74) is 0.791. The fraction of sp³-hybridized carbons (Fsp3) is 0.533. The van der Waals surface area contributed by atoms with Crippen LogP contribution in [0.1, 0.15) is 33.1 Å². The molecule has 1 fully saturated rings. The van der Waals surface area contributed by atoms with Crippen LogP contribution in [0.25, 0.3) is 0 Å². The Balaban J connectivity index is 1.96. The van der Waals surface area contributed by atoms with Crippen molar-refractivity contribution >= 4 is 11.6 Å². The van der Waals surface area contributed by atoms with Crippen LogP contribution in [0.5, 0.6) is 5.75 Å². The Morgan fingerprint density at radius 3 is 3.11 bits per heavy atom. The van der Waals surface area contributed by atoms with Crippen LogP contribution in [0.2, 0.25) is 0 Å². The van der Waals surface area contributed by atoms with Gasteiger partial charge in [0.1, 0.15) is 5.75 Å². The van der Waals surface area contributed by atoms with E-state index in [-0.39, 0.29) is 18.1 Å². The second-order valence-electron chi connectivity index (χ2n) is 5.00. The van der Waals surface area contributed by atoms with Crippen LogP contribution in [-0.2, 0) is 4.79 Å². The Bertz CT molecular complexity index is 428. The number of nitrogens with one attached hydrogen (secondary N) is 2. The molecule has 1 amide bonds. The Kier molecular flexibility index (Phi) is 4.80. The van der Waals surface area contributed by atoms with Crippen LogP contribution in [0.15, 0.2) is 24.3 Å². The van der Waals surface area contributed by atoms with E-state index in [1.807, 2.05) is 31.2 Å². The van der Waals surface area contributed by atoms with Crippen molar-refractivity contribution in [2.45, 2.75) is 45.3 Å². The van der Waals surface area contributed by atoms with Crippen molar-refractivity contribution in [1.29, 1.82) is 0 Å². The number of benzene rings is 1. The van der Waals surface area contributed by atoms with Gasteiger partial charge >= 0.3 is 0 Å². The standard InChI is InChI=1S/C15H22N2O2/c1-3-11(2)19-13-7-4-6-12(10-13)17-15(18)14-8-5-9-16-14/h4,6-7,10-11,14,16H,3,5,8-9H2,1-2H3,(H,17,18)/t11?,14-/m0/s1. The Hall–Kier alpha value is -1.55. The molecule has 2 rings (SSSR count). The van der Waals surface area contributed by atoms with Gasteiger partial charge in [-0.05, 0) is 44.9 Å². The number of hydrogen-bond acceptors (Lipinski definition) is 3. The molecule has 0 spiro atoms. The molecule has 1 aliphatic heterocycles. The number of carbonyl (C=O) groups is 1. The van der Waals surface area contributed by atoms with E-state index in [2.05, 4.69) is 17.6 Å². The first-order valence-corrected chi connectivity index (χ1v) is 7.00. The first kappa shape index (κ1) is 13.9. The Labute approximate surface area is 114 Å². The maximum absolute atomic E-state index is 12.0. The van der Waals surface area contributed by atoms with Crippen LogP contribution < -0.4 is 15.4 Å². The van der Waals surface area contributed by atoms with Crippen molar-refractivity contribution < 1.29 is 9.53 Å². The van der Waals surface area contributed by atoms with Gasteiger partial charge in [-0.3, -0.25) is 4.79 Å². The highest BCUT2D eigenvalue weighted by Gasteiger charge is 2.21. The van der Waals surface area contributed by atoms with Gasteiger partial charge in [0, 0.05) is 11.8 Å². The minimum absolute atomic E-state index is 0.0400. The monoisotopic (exact) mass is 262 g/mol. The third-order valence-electron chi connectivity index (χ3n) is 3.39. The van der Waals surface area contributed by atoms with E-state index in [1.165, 1.54) is 0 Å². The van der Waals surface area contributed by atoms with Gasteiger partial charge in [0.15, 0.2) is 0 Å². The molecule has 0 bridgehead atoms. The molecule has 0 radical (unpaired) electrons. The second-order valence-corrected chi connectivity index (χ2v) is 5.00. The minimum Gasteiger partial charge on any atom is -0.491 e. The fourth-order valence-electron chi connectivity index (χ4n) is 2.10. The fourth-order valence-corrected chi connectivity index (χ4v) is 2.10. The highest BCUT2D eigenvalue weighted by molar-refractivity contribution is 5.95. The number of carbonyl (C=O) groups excluding carboxylic acids is 1. The molecule has 4 nitrogen and oxygen atoms in total. The summed E-state index contributed by atoms with van der Waals surface area (Å²) in [6.07, 6.45) is 3.12. The number of rotatable bonds is 5. The molecule has 1 heterocycles. The lowest BCUT2D eigenvalue weighted by atomic mass is 10.2. The quantitative estimate of drug-likeness (QED) is 0.857. The molecule has 19 heavy (non-hydrogen) atoms. The number of anilines is 1. The summed E-state index contributed by atoms with van der Waals surface area (Å²) in [7, 11) is 0. The smallest absolute Gasteiger partial charge is 0.241 e. The van der Waals surface area contributed by atoms with E-state index < -0.39 is 0 Å². The predicted molar refractivity (Wildman–Crippen MR) is 76.5 cm³/mol. The lowest BCUT2D eigenvalue weighted by Gasteiger charge is -2.15. The van der Waals surface area contributed by atoms with E-state index in [0.717, 1.165) is 37.2 Å². The van der Waals surface area contributed by atoms with E-state index in [4.69, 9.17) is 4.74 Å². The number of ether oxygens (including phenoxy) is 1. The molecule has 0 saturated carbocycles. The normalized spacial score (nSPS) is 20.0. The molecular formula is C15H22N2O2. The van der Waals surface area contributed by atoms with Crippen molar-refractivity contribution in [3.05, 3.63) is 24.3 Å². The SMILES string of the molecule is CCC(C)Oc1cccc(NC(=O)[C@@H]2CCCN2)c1. The van der Waals surface area contributed by atoms with Crippen LogP contribution >= 0.6 is 0 Å². The summed E-state index contributed by atoms with van der Waals surface area (Å²) >= 11 is 0. The van der Waals surface area contributed by atoms with E-state index in [9.17, 15) is 4.79 Å². The highest BCUT2D eigenvalue weighted by atomic mass is 16.5. The number of amides is 1. The third-order valence-corrected chi connectivity index (χ3v) is 3.39. The van der Waals surface area contributed by atoms with Gasteiger partial charge in [-0.1, -0.05) is 13.0 Å². The lowest BCUT2D eigenvalue weighted by Crippen LogP contribution is -2.35. The second kappa shape index (κ2) is 6.57. The molecule has 0 aromatic heterocycles. The van der Waals surface area contributed by atoms with Crippen LogP contribution in [0.4, 0.5) is 5.69 Å². The molecule has 1 aliphatic rings. The molecule has 4 heteroatoms. The van der Waals surface area contributed by atoms with Gasteiger partial charge in [-0.25, -0.2) is 0 Å². The van der Waals surface area contributed by atoms with E-state index >= 15 is 0 Å². The summed E-state index contributed by atoms with van der Waals surface area (Å²) in [6, 6.07) is 7.51. The van der Waals surface area contributed by atoms with Gasteiger partial charge in [0.05, 0.1) is 12.1 Å². The number of hydrogen-bond donors (Lipinski definition) is 2. The third kappa shape index (κ3) is 3.96. The largest absolute Gasteiger partial charge is 0.491 e. The van der Waals surface area contributed by atoms with Crippen molar-refractivity contribution in [1.82, 2.24) is 5.32 Å². The van der Waals surface area contributed by atoms with Gasteiger partial charge in [0.25, 0.3) is 0 Å². The van der Waals surface area contributed by atoms with Gasteiger partial charge in [0.2, 0.25) is 5.91 Å². The van der Waals surface area contributed by atoms with E-state index in [1.54, 1.807) is 0 Å². The predicted octanol–water partition coefficient (Wildman–Crippen LogP) is 2.55. The highest BCUT2D eigenvalue weighted by Crippen LogP contribution is 2.20. The summed E-state index contributed by atoms with van der Waals surface area (Å²) in [6.45, 7) is 5.05. The zero-order chi connectivity index (χ0) is 13.7. The van der Waals surface area contributed by atoms with Gasteiger partial charge < -0.3 is 15.4 Å². The summed E-state index contributed by atoms with van der Waals surface area (Å²) in [5.74, 6) is 0.838. The first-order chi connectivity index (χ1) is 9.19. The maximum atomic E-state index is 12.0. The van der Waals surface area contributed by atoms with Crippen molar-refractivity contribution in [3.63, 3.8) is 0 Å². The van der Waals surface area contributed by atoms with Crippen LogP contribution in [0.3, 0.4) is 0 Å². The lowest BCUT2D eigenvalue weighted by molar-refractivity contribution is -0.117. The van der Waals surface area contributed by atoms with Gasteiger partial charge in [-0.15, -0.1) is 0 Å². The van der Waals surface area contributed by atoms with Crippen molar-refractivity contribution in [2.24, 2.45) is 0 Å². The van der Waals surface area contributed by atoms with Crippen molar-refractivity contribution in [2.75, 3.05) is 11.9 Å². The summed E-state index contributed by atoms with van der Waals surface area (Å²) in [4.78, 5) is 12.0. The van der Waals surface area contributed by atoms with Crippen LogP contribution in [0, 0.1) is 0 Å². The topological polar surface area (TPSA) is 50.4 Å². The Morgan fingerprint density at radius 2 is 2.42 bits per heavy atom. The van der Waals surface area contributed by atoms with Gasteiger partial charge in [-0.2, -0.15) is 0 Å². The maximum Gasteiger partial charge on any atom is 0.241 e. The molecule has 1 saturated heterocycles. The average molecular weight is 262 g/mol. The molecule has 1 aromatic carbocycles. The molecule has 2 N–H and O–H groups in total.